The molecule has 0 radical (unpaired) electrons. The van der Waals surface area contributed by atoms with Crippen LogP contribution < -0.4 is 0 Å². The SMILES string of the molecule is CCC1CCCCN1C(=O)C(C)N1CCN(S(=O)(=O)c2ccc(Cl)cc2)CC1. The number of benzene rings is 1. The van der Waals surface area contributed by atoms with Gasteiger partial charge in [-0.1, -0.05) is 18.5 Å². The minimum absolute atomic E-state index is 0.181. The molecule has 156 valence electrons. The van der Waals surface area contributed by atoms with Gasteiger partial charge in [0.2, 0.25) is 15.9 Å². The summed E-state index contributed by atoms with van der Waals surface area (Å²) in [6.07, 6.45) is 4.34. The number of piperazine rings is 1. The van der Waals surface area contributed by atoms with E-state index in [1.54, 1.807) is 12.1 Å². The van der Waals surface area contributed by atoms with E-state index in [0.29, 0.717) is 37.2 Å². The van der Waals surface area contributed by atoms with Crippen molar-refractivity contribution < 1.29 is 13.2 Å². The molecule has 0 spiro atoms. The molecule has 1 aromatic carbocycles. The predicted molar refractivity (Wildman–Crippen MR) is 111 cm³/mol. The number of hydrogen-bond donors (Lipinski definition) is 0. The minimum atomic E-state index is -3.53. The molecule has 2 fully saturated rings. The van der Waals surface area contributed by atoms with Gasteiger partial charge in [-0.05, 0) is 56.9 Å². The summed E-state index contributed by atoms with van der Waals surface area (Å²) in [6, 6.07) is 6.39. The Labute approximate surface area is 173 Å². The van der Waals surface area contributed by atoms with Crippen molar-refractivity contribution in [1.82, 2.24) is 14.1 Å². The smallest absolute Gasteiger partial charge is 0.243 e. The standard InChI is InChI=1S/C20H30ClN3O3S/c1-3-18-6-4-5-11-24(18)20(25)16(2)22-12-14-23(15-13-22)28(26,27)19-9-7-17(21)8-10-19/h7-10,16,18H,3-6,11-15H2,1-2H3. The van der Waals surface area contributed by atoms with E-state index in [1.807, 2.05) is 11.8 Å². The lowest BCUT2D eigenvalue weighted by molar-refractivity contribution is -0.140. The lowest BCUT2D eigenvalue weighted by Gasteiger charge is -2.41. The van der Waals surface area contributed by atoms with Crippen LogP contribution in [0.1, 0.15) is 39.5 Å². The van der Waals surface area contributed by atoms with E-state index in [-0.39, 0.29) is 16.8 Å². The number of piperidine rings is 1. The molecular formula is C20H30ClN3O3S. The zero-order valence-electron chi connectivity index (χ0n) is 16.7. The van der Waals surface area contributed by atoms with Crippen LogP contribution in [-0.4, -0.2) is 73.2 Å². The lowest BCUT2D eigenvalue weighted by Crippen LogP contribution is -2.57. The average molecular weight is 428 g/mol. The summed E-state index contributed by atoms with van der Waals surface area (Å²) in [5.41, 5.74) is 0. The van der Waals surface area contributed by atoms with Crippen LogP contribution in [0.4, 0.5) is 0 Å². The number of rotatable bonds is 5. The van der Waals surface area contributed by atoms with E-state index >= 15 is 0 Å². The number of halogens is 1. The largest absolute Gasteiger partial charge is 0.338 e. The Kier molecular flexibility index (Phi) is 7.02. The van der Waals surface area contributed by atoms with Crippen LogP contribution in [0.15, 0.2) is 29.2 Å². The summed E-state index contributed by atoms with van der Waals surface area (Å²) in [7, 11) is -3.53. The molecule has 3 rings (SSSR count). The maximum atomic E-state index is 13.0. The van der Waals surface area contributed by atoms with Crippen LogP contribution >= 0.6 is 11.6 Å². The van der Waals surface area contributed by atoms with E-state index in [0.717, 1.165) is 25.8 Å². The van der Waals surface area contributed by atoms with Crippen LogP contribution in [0.3, 0.4) is 0 Å². The van der Waals surface area contributed by atoms with Crippen molar-refractivity contribution in [1.29, 1.82) is 0 Å². The van der Waals surface area contributed by atoms with Gasteiger partial charge in [-0.15, -0.1) is 0 Å². The Hall–Kier alpha value is -1.15. The topological polar surface area (TPSA) is 60.9 Å². The van der Waals surface area contributed by atoms with Gasteiger partial charge in [0, 0.05) is 43.8 Å². The van der Waals surface area contributed by atoms with Crippen LogP contribution in [0.25, 0.3) is 0 Å². The van der Waals surface area contributed by atoms with E-state index in [1.165, 1.54) is 22.9 Å². The highest BCUT2D eigenvalue weighted by Crippen LogP contribution is 2.23. The van der Waals surface area contributed by atoms with E-state index in [9.17, 15) is 13.2 Å². The Morgan fingerprint density at radius 3 is 2.36 bits per heavy atom. The molecule has 2 heterocycles. The molecule has 6 nitrogen and oxygen atoms in total. The van der Waals surface area contributed by atoms with Crippen LogP contribution in [0, 0.1) is 0 Å². The third-order valence-electron chi connectivity index (χ3n) is 6.01. The zero-order chi connectivity index (χ0) is 20.3. The van der Waals surface area contributed by atoms with E-state index < -0.39 is 10.0 Å². The fraction of sp³-hybridized carbons (Fsp3) is 0.650. The van der Waals surface area contributed by atoms with Gasteiger partial charge < -0.3 is 4.90 Å². The van der Waals surface area contributed by atoms with Gasteiger partial charge in [0.05, 0.1) is 10.9 Å². The second-order valence-corrected chi connectivity index (χ2v) is 10.0. The minimum Gasteiger partial charge on any atom is -0.338 e. The summed E-state index contributed by atoms with van der Waals surface area (Å²) in [5, 5.41) is 0.513. The number of sulfonamides is 1. The Morgan fingerprint density at radius 2 is 1.75 bits per heavy atom. The maximum Gasteiger partial charge on any atom is 0.243 e. The van der Waals surface area contributed by atoms with Gasteiger partial charge in [-0.2, -0.15) is 4.31 Å². The van der Waals surface area contributed by atoms with Crippen molar-refractivity contribution in [2.75, 3.05) is 32.7 Å². The van der Waals surface area contributed by atoms with Gasteiger partial charge in [-0.25, -0.2) is 8.42 Å². The van der Waals surface area contributed by atoms with Gasteiger partial charge in [0.25, 0.3) is 0 Å². The van der Waals surface area contributed by atoms with Crippen LogP contribution in [0.2, 0.25) is 5.02 Å². The van der Waals surface area contributed by atoms with Crippen LogP contribution in [-0.2, 0) is 14.8 Å². The molecule has 0 saturated carbocycles. The molecule has 0 N–H and O–H groups in total. The van der Waals surface area contributed by atoms with E-state index in [4.69, 9.17) is 11.6 Å². The van der Waals surface area contributed by atoms with Gasteiger partial charge in [0.15, 0.2) is 0 Å². The van der Waals surface area contributed by atoms with Gasteiger partial charge in [0.1, 0.15) is 0 Å². The first-order valence-corrected chi connectivity index (χ1v) is 12.0. The summed E-state index contributed by atoms with van der Waals surface area (Å²) in [6.45, 7) is 6.83. The highest BCUT2D eigenvalue weighted by atomic mass is 35.5. The maximum absolute atomic E-state index is 13.0. The number of likely N-dealkylation sites (tertiary alicyclic amines) is 1. The molecule has 1 aromatic rings. The first-order valence-electron chi connectivity index (χ1n) is 10.1. The monoisotopic (exact) mass is 427 g/mol. The second-order valence-electron chi connectivity index (χ2n) is 7.66. The van der Waals surface area contributed by atoms with Crippen molar-refractivity contribution in [3.05, 3.63) is 29.3 Å². The number of hydrogen-bond acceptors (Lipinski definition) is 4. The predicted octanol–water partition coefficient (Wildman–Crippen LogP) is 2.83. The van der Waals surface area contributed by atoms with Crippen molar-refractivity contribution in [3.63, 3.8) is 0 Å². The van der Waals surface area contributed by atoms with Crippen LogP contribution in [0.5, 0.6) is 0 Å². The third-order valence-corrected chi connectivity index (χ3v) is 8.18. The molecule has 2 aliphatic heterocycles. The number of carbonyl (C=O) groups excluding carboxylic acids is 1. The lowest BCUT2D eigenvalue weighted by atomic mass is 9.99. The summed E-state index contributed by atoms with van der Waals surface area (Å²) in [5.74, 6) is 0.181. The first-order chi connectivity index (χ1) is 13.3. The number of amides is 1. The Morgan fingerprint density at radius 1 is 1.11 bits per heavy atom. The fourth-order valence-corrected chi connectivity index (χ4v) is 5.75. The quantitative estimate of drug-likeness (QED) is 0.724. The molecule has 8 heteroatoms. The average Bonchev–Trinajstić information content (AvgIpc) is 2.73. The molecule has 2 aliphatic rings. The van der Waals surface area contributed by atoms with Crippen molar-refractivity contribution >= 4 is 27.5 Å². The molecule has 2 atom stereocenters. The zero-order valence-corrected chi connectivity index (χ0v) is 18.3. The highest BCUT2D eigenvalue weighted by molar-refractivity contribution is 7.89. The fourth-order valence-electron chi connectivity index (χ4n) is 4.20. The van der Waals surface area contributed by atoms with Gasteiger partial charge in [-0.3, -0.25) is 9.69 Å². The molecule has 0 aliphatic carbocycles. The van der Waals surface area contributed by atoms with E-state index in [2.05, 4.69) is 11.8 Å². The molecule has 28 heavy (non-hydrogen) atoms. The molecule has 0 bridgehead atoms. The number of carbonyl (C=O) groups is 1. The molecular weight excluding hydrogens is 398 g/mol. The third kappa shape index (κ3) is 4.53. The molecule has 0 aromatic heterocycles. The first kappa shape index (κ1) is 21.6. The number of nitrogens with zero attached hydrogens (tertiary/aromatic N) is 3. The van der Waals surface area contributed by atoms with Crippen molar-refractivity contribution in [2.24, 2.45) is 0 Å². The summed E-state index contributed by atoms with van der Waals surface area (Å²) < 4.78 is 27.2. The highest BCUT2D eigenvalue weighted by Gasteiger charge is 2.35. The Bertz CT molecular complexity index is 776. The second kappa shape index (κ2) is 9.11. The van der Waals surface area contributed by atoms with Crippen molar-refractivity contribution in [2.45, 2.75) is 56.5 Å². The normalized spacial score (nSPS) is 23.5. The molecule has 2 unspecified atom stereocenters. The molecule has 1 amide bonds. The van der Waals surface area contributed by atoms with Gasteiger partial charge >= 0.3 is 0 Å². The Balaban J connectivity index is 1.61. The summed E-state index contributed by atoms with van der Waals surface area (Å²) in [4.78, 5) is 17.5. The molecule has 2 saturated heterocycles. The summed E-state index contributed by atoms with van der Waals surface area (Å²) >= 11 is 5.86. The van der Waals surface area contributed by atoms with Crippen molar-refractivity contribution in [3.8, 4) is 0 Å².